The minimum atomic E-state index is -0.0927. The zero-order chi connectivity index (χ0) is 19.4. The van der Waals surface area contributed by atoms with Crippen LogP contribution in [0.3, 0.4) is 0 Å². The molecule has 5 nitrogen and oxygen atoms in total. The van der Waals surface area contributed by atoms with E-state index in [1.54, 1.807) is 14.2 Å². The van der Waals surface area contributed by atoms with Crippen molar-refractivity contribution in [1.29, 1.82) is 0 Å². The van der Waals surface area contributed by atoms with Gasteiger partial charge >= 0.3 is 0 Å². The van der Waals surface area contributed by atoms with Crippen LogP contribution in [0.4, 0.5) is 0 Å². The molecule has 0 aliphatic heterocycles. The first-order chi connectivity index (χ1) is 12.5. The molecule has 0 amide bonds. The number of allylic oxidation sites excluding steroid dienone is 4. The Morgan fingerprint density at radius 3 is 2.00 bits per heavy atom. The Labute approximate surface area is 157 Å². The third-order valence-electron chi connectivity index (χ3n) is 3.82. The van der Waals surface area contributed by atoms with E-state index in [1.165, 1.54) is 11.1 Å². The molecule has 0 fully saturated rings. The van der Waals surface area contributed by atoms with Gasteiger partial charge in [0.25, 0.3) is 0 Å². The van der Waals surface area contributed by atoms with Crippen molar-refractivity contribution in [3.05, 3.63) is 46.6 Å². The lowest BCUT2D eigenvalue weighted by atomic mass is 10.0. The maximum absolute atomic E-state index is 9.50. The van der Waals surface area contributed by atoms with E-state index < -0.39 is 0 Å². The van der Waals surface area contributed by atoms with E-state index in [2.05, 4.69) is 32.9 Å². The number of ether oxygens (including phenoxy) is 4. The van der Waals surface area contributed by atoms with E-state index in [-0.39, 0.29) is 20.2 Å². The number of aliphatic hydroxyl groups is 1. The lowest BCUT2D eigenvalue weighted by molar-refractivity contribution is 0.0446. The van der Waals surface area contributed by atoms with E-state index in [4.69, 9.17) is 18.9 Å². The third-order valence-corrected chi connectivity index (χ3v) is 3.82. The van der Waals surface area contributed by atoms with Crippen LogP contribution in [0.1, 0.15) is 44.7 Å². The summed E-state index contributed by atoms with van der Waals surface area (Å²) in [5.74, 6) is 1.30. The van der Waals surface area contributed by atoms with Crippen molar-refractivity contribution in [2.45, 2.75) is 46.6 Å². The van der Waals surface area contributed by atoms with Gasteiger partial charge < -0.3 is 24.1 Å². The fraction of sp³-hybridized carbons (Fsp3) is 0.524. The quantitative estimate of drug-likeness (QED) is 0.441. The molecule has 1 rings (SSSR count). The number of aliphatic hydroxyl groups excluding tert-OH is 1. The summed E-state index contributed by atoms with van der Waals surface area (Å²) < 4.78 is 21.5. The van der Waals surface area contributed by atoms with Gasteiger partial charge in [0.2, 0.25) is 0 Å². The average molecular weight is 364 g/mol. The second-order valence-corrected chi connectivity index (χ2v) is 6.41. The first-order valence-corrected chi connectivity index (χ1v) is 8.80. The standard InChI is InChI=1S/C21H32O5/c1-16(2)7-6-8-17(3)9-10-19-20(25-14-23-4)11-18(13-22)12-21(19)26-15-24-5/h7,9,11-12,22H,6,8,10,13-15H2,1-5H3. The Morgan fingerprint density at radius 2 is 1.54 bits per heavy atom. The molecule has 0 atom stereocenters. The number of hydrogen-bond acceptors (Lipinski definition) is 5. The topological polar surface area (TPSA) is 57.2 Å². The Bertz CT molecular complexity index is 571. The lowest BCUT2D eigenvalue weighted by Crippen LogP contribution is -2.07. The van der Waals surface area contributed by atoms with E-state index in [9.17, 15) is 5.11 Å². The van der Waals surface area contributed by atoms with Crippen LogP contribution in [0.2, 0.25) is 0 Å². The molecule has 0 spiro atoms. The Morgan fingerprint density at radius 1 is 0.962 bits per heavy atom. The van der Waals surface area contributed by atoms with Gasteiger partial charge in [-0.3, -0.25) is 0 Å². The summed E-state index contributed by atoms with van der Waals surface area (Å²) in [5.41, 5.74) is 4.28. The molecule has 0 saturated heterocycles. The first kappa shape index (κ1) is 22.2. The predicted octanol–water partition coefficient (Wildman–Crippen LogP) is 4.38. The van der Waals surface area contributed by atoms with Crippen LogP contribution in [0.15, 0.2) is 35.4 Å². The van der Waals surface area contributed by atoms with Crippen LogP contribution in [0.5, 0.6) is 11.5 Å². The predicted molar refractivity (Wildman–Crippen MR) is 103 cm³/mol. The molecule has 1 aromatic rings. The molecule has 0 unspecified atom stereocenters. The molecule has 0 aliphatic carbocycles. The summed E-state index contributed by atoms with van der Waals surface area (Å²) in [6.45, 7) is 6.53. The molecule has 0 saturated carbocycles. The van der Waals surface area contributed by atoms with Crippen molar-refractivity contribution in [3.63, 3.8) is 0 Å². The fourth-order valence-electron chi connectivity index (χ4n) is 2.44. The van der Waals surface area contributed by atoms with Crippen molar-refractivity contribution >= 4 is 0 Å². The summed E-state index contributed by atoms with van der Waals surface area (Å²) in [6, 6.07) is 3.64. The maximum atomic E-state index is 9.50. The molecule has 0 aliphatic rings. The minimum Gasteiger partial charge on any atom is -0.467 e. The zero-order valence-corrected chi connectivity index (χ0v) is 16.6. The molecule has 0 aromatic heterocycles. The molecule has 5 heteroatoms. The second kappa shape index (κ2) is 12.5. The van der Waals surface area contributed by atoms with Crippen molar-refractivity contribution in [1.82, 2.24) is 0 Å². The van der Waals surface area contributed by atoms with Gasteiger partial charge in [-0.2, -0.15) is 0 Å². The second-order valence-electron chi connectivity index (χ2n) is 6.41. The Balaban J connectivity index is 3.04. The van der Waals surface area contributed by atoms with Gasteiger partial charge in [-0.1, -0.05) is 23.3 Å². The van der Waals surface area contributed by atoms with Crippen LogP contribution in [0, 0.1) is 0 Å². The molecule has 1 N–H and O–H groups in total. The first-order valence-electron chi connectivity index (χ1n) is 8.80. The number of hydrogen-bond donors (Lipinski definition) is 1. The van der Waals surface area contributed by atoms with Crippen LogP contribution in [-0.4, -0.2) is 32.9 Å². The zero-order valence-electron chi connectivity index (χ0n) is 16.6. The SMILES string of the molecule is COCOc1cc(CO)cc(OCOC)c1CC=C(C)CCC=C(C)C. The highest BCUT2D eigenvalue weighted by atomic mass is 16.7. The van der Waals surface area contributed by atoms with Crippen LogP contribution in [0.25, 0.3) is 0 Å². The van der Waals surface area contributed by atoms with Crippen molar-refractivity contribution in [2.24, 2.45) is 0 Å². The number of benzene rings is 1. The number of methoxy groups -OCH3 is 2. The average Bonchev–Trinajstić information content (AvgIpc) is 2.62. The third kappa shape index (κ3) is 8.04. The molecule has 146 valence electrons. The van der Waals surface area contributed by atoms with Gasteiger partial charge in [0.05, 0.1) is 6.61 Å². The van der Waals surface area contributed by atoms with Crippen LogP contribution in [-0.2, 0) is 22.5 Å². The highest BCUT2D eigenvalue weighted by Gasteiger charge is 2.13. The summed E-state index contributed by atoms with van der Waals surface area (Å²) in [7, 11) is 3.15. The van der Waals surface area contributed by atoms with Crippen LogP contribution >= 0.6 is 0 Å². The van der Waals surface area contributed by atoms with Gasteiger partial charge in [-0.05, 0) is 57.7 Å². The minimum absolute atomic E-state index is 0.0927. The fourth-order valence-corrected chi connectivity index (χ4v) is 2.44. The van der Waals surface area contributed by atoms with Crippen molar-refractivity contribution in [2.75, 3.05) is 27.8 Å². The van der Waals surface area contributed by atoms with Crippen molar-refractivity contribution < 1.29 is 24.1 Å². The van der Waals surface area contributed by atoms with Gasteiger partial charge in [-0.15, -0.1) is 0 Å². The van der Waals surface area contributed by atoms with E-state index in [0.717, 1.165) is 24.0 Å². The largest absolute Gasteiger partial charge is 0.467 e. The van der Waals surface area contributed by atoms with Gasteiger partial charge in [0.1, 0.15) is 11.5 Å². The summed E-state index contributed by atoms with van der Waals surface area (Å²) in [4.78, 5) is 0. The molecule has 0 bridgehead atoms. The summed E-state index contributed by atoms with van der Waals surface area (Å²) in [5, 5.41) is 9.50. The normalized spacial score (nSPS) is 11.4. The van der Waals surface area contributed by atoms with Gasteiger partial charge in [0.15, 0.2) is 13.6 Å². The van der Waals surface area contributed by atoms with E-state index in [1.807, 2.05) is 12.1 Å². The highest BCUT2D eigenvalue weighted by Crippen LogP contribution is 2.32. The Hall–Kier alpha value is -1.82. The smallest absolute Gasteiger partial charge is 0.188 e. The monoisotopic (exact) mass is 364 g/mol. The molecular formula is C21H32O5. The van der Waals surface area contributed by atoms with E-state index in [0.29, 0.717) is 17.9 Å². The van der Waals surface area contributed by atoms with Gasteiger partial charge in [-0.25, -0.2) is 0 Å². The summed E-state index contributed by atoms with van der Waals surface area (Å²) >= 11 is 0. The van der Waals surface area contributed by atoms with E-state index >= 15 is 0 Å². The van der Waals surface area contributed by atoms with Crippen LogP contribution < -0.4 is 9.47 Å². The molecule has 26 heavy (non-hydrogen) atoms. The molecule has 0 heterocycles. The highest BCUT2D eigenvalue weighted by molar-refractivity contribution is 5.49. The lowest BCUT2D eigenvalue weighted by Gasteiger charge is -2.17. The maximum Gasteiger partial charge on any atom is 0.188 e. The van der Waals surface area contributed by atoms with Gasteiger partial charge in [0, 0.05) is 19.8 Å². The van der Waals surface area contributed by atoms with Crippen molar-refractivity contribution in [3.8, 4) is 11.5 Å². The molecule has 1 aromatic carbocycles. The number of rotatable bonds is 12. The molecule has 0 radical (unpaired) electrons. The molecular weight excluding hydrogens is 332 g/mol. The Kier molecular flexibility index (Phi) is 10.7. The summed E-state index contributed by atoms with van der Waals surface area (Å²) in [6.07, 6.45) is 7.15.